The largest absolute Gasteiger partial charge is 0.418 e. The average Bonchev–Trinajstić information content (AvgIpc) is 2.94. The quantitative estimate of drug-likeness (QED) is 0.549. The van der Waals surface area contributed by atoms with Crippen LogP contribution in [0.4, 0.5) is 13.2 Å². The maximum atomic E-state index is 13.4. The number of allylic oxidation sites excluding steroid dienone is 4. The molecule has 0 spiro atoms. The fourth-order valence-electron chi connectivity index (χ4n) is 4.52. The Morgan fingerprint density at radius 2 is 2.10 bits per heavy atom. The summed E-state index contributed by atoms with van der Waals surface area (Å²) in [5.74, 6) is -0.382. The number of hydrogen-bond donors (Lipinski definition) is 0. The molecule has 3 atom stereocenters. The van der Waals surface area contributed by atoms with E-state index in [-0.39, 0.29) is 17.5 Å². The van der Waals surface area contributed by atoms with Gasteiger partial charge in [-0.1, -0.05) is 36.8 Å². The van der Waals surface area contributed by atoms with Crippen molar-refractivity contribution >= 4 is 12.1 Å². The first kappa shape index (κ1) is 21.3. The van der Waals surface area contributed by atoms with Crippen molar-refractivity contribution in [3.63, 3.8) is 0 Å². The van der Waals surface area contributed by atoms with Crippen molar-refractivity contribution in [3.05, 3.63) is 82.9 Å². The Labute approximate surface area is 180 Å². The van der Waals surface area contributed by atoms with E-state index in [1.807, 2.05) is 36.7 Å². The second-order valence-electron chi connectivity index (χ2n) is 8.44. The van der Waals surface area contributed by atoms with Gasteiger partial charge in [0, 0.05) is 18.6 Å². The fraction of sp³-hybridized carbons (Fsp3) is 0.360. The minimum atomic E-state index is -4.51. The minimum Gasteiger partial charge on any atom is -0.287 e. The lowest BCUT2D eigenvalue weighted by atomic mass is 9.83. The average molecular weight is 426 g/mol. The van der Waals surface area contributed by atoms with Crippen LogP contribution < -0.4 is 0 Å². The van der Waals surface area contributed by atoms with E-state index in [0.717, 1.165) is 41.4 Å². The van der Waals surface area contributed by atoms with Crippen molar-refractivity contribution in [2.45, 2.75) is 51.1 Å². The van der Waals surface area contributed by atoms with Gasteiger partial charge in [-0.05, 0) is 67.4 Å². The molecule has 6 heteroatoms. The molecule has 0 fully saturated rings. The highest BCUT2D eigenvalue weighted by Gasteiger charge is 2.44. The van der Waals surface area contributed by atoms with Gasteiger partial charge in [0.1, 0.15) is 0 Å². The zero-order valence-electron chi connectivity index (χ0n) is 17.6. The van der Waals surface area contributed by atoms with Gasteiger partial charge < -0.3 is 0 Å². The number of hydrogen-bond acceptors (Lipinski definition) is 2. The van der Waals surface area contributed by atoms with Crippen LogP contribution in [0, 0.1) is 5.92 Å². The molecule has 3 heterocycles. The van der Waals surface area contributed by atoms with E-state index < -0.39 is 17.7 Å². The van der Waals surface area contributed by atoms with Crippen molar-refractivity contribution < 1.29 is 18.0 Å². The van der Waals surface area contributed by atoms with E-state index in [0.29, 0.717) is 5.92 Å². The van der Waals surface area contributed by atoms with Crippen LogP contribution in [-0.2, 0) is 4.79 Å². The molecule has 4 rings (SSSR count). The van der Waals surface area contributed by atoms with E-state index in [2.05, 4.69) is 18.8 Å². The van der Waals surface area contributed by atoms with Gasteiger partial charge in [-0.3, -0.25) is 14.7 Å². The number of carbonyl (C=O) groups is 1. The summed E-state index contributed by atoms with van der Waals surface area (Å²) in [4.78, 5) is 18.3. The Bertz CT molecular complexity index is 1030. The van der Waals surface area contributed by atoms with Crippen molar-refractivity contribution in [1.29, 1.82) is 0 Å². The fourth-order valence-corrected chi connectivity index (χ4v) is 4.52. The van der Waals surface area contributed by atoms with Gasteiger partial charge in [-0.25, -0.2) is 0 Å². The number of rotatable bonds is 4. The highest BCUT2D eigenvalue weighted by Crippen LogP contribution is 2.42. The molecule has 3 aliphatic rings. The Balaban J connectivity index is 1.57. The van der Waals surface area contributed by atoms with Gasteiger partial charge in [0.25, 0.3) is 0 Å². The molecule has 0 radical (unpaired) electrons. The van der Waals surface area contributed by atoms with Crippen LogP contribution in [0.25, 0.3) is 0 Å². The van der Waals surface area contributed by atoms with Gasteiger partial charge in [0.2, 0.25) is 5.91 Å². The highest BCUT2D eigenvalue weighted by atomic mass is 19.4. The van der Waals surface area contributed by atoms with Gasteiger partial charge in [0.15, 0.2) is 0 Å². The predicted octanol–water partition coefficient (Wildman–Crippen LogP) is 6.39. The van der Waals surface area contributed by atoms with Gasteiger partial charge in [0.05, 0.1) is 17.2 Å². The second kappa shape index (κ2) is 8.33. The highest BCUT2D eigenvalue weighted by molar-refractivity contribution is 5.92. The summed E-state index contributed by atoms with van der Waals surface area (Å²) in [5, 5.41) is 0. The maximum absolute atomic E-state index is 13.4. The summed E-state index contributed by atoms with van der Waals surface area (Å²) < 4.78 is 40.2. The van der Waals surface area contributed by atoms with Crippen LogP contribution in [0.1, 0.15) is 56.1 Å². The molecule has 0 bridgehead atoms. The number of aliphatic imine (C=N–C) groups is 1. The Kier molecular flexibility index (Phi) is 5.73. The van der Waals surface area contributed by atoms with Crippen LogP contribution >= 0.6 is 0 Å². The molecule has 0 N–H and O–H groups in total. The van der Waals surface area contributed by atoms with Crippen LogP contribution in [0.2, 0.25) is 0 Å². The van der Waals surface area contributed by atoms with E-state index in [9.17, 15) is 18.0 Å². The Morgan fingerprint density at radius 1 is 1.29 bits per heavy atom. The maximum Gasteiger partial charge on any atom is 0.418 e. The summed E-state index contributed by atoms with van der Waals surface area (Å²) in [6, 6.07) is 7.70. The molecule has 0 saturated carbocycles. The van der Waals surface area contributed by atoms with E-state index >= 15 is 0 Å². The number of amides is 1. The van der Waals surface area contributed by atoms with Gasteiger partial charge in [-0.2, -0.15) is 13.2 Å². The van der Waals surface area contributed by atoms with Crippen LogP contribution in [0.3, 0.4) is 0 Å². The molecule has 3 aliphatic heterocycles. The Morgan fingerprint density at radius 3 is 2.87 bits per heavy atom. The molecule has 0 aromatic heterocycles. The van der Waals surface area contributed by atoms with E-state index in [4.69, 9.17) is 0 Å². The molecule has 0 saturated heterocycles. The summed E-state index contributed by atoms with van der Waals surface area (Å²) in [6.45, 7) is 4.26. The Hall–Kier alpha value is -2.89. The number of nitrogens with zero attached hydrogens (tertiary/aromatic N) is 2. The number of fused-ring (bicyclic) bond motifs is 1. The third-order valence-corrected chi connectivity index (χ3v) is 6.32. The van der Waals surface area contributed by atoms with Gasteiger partial charge >= 0.3 is 6.18 Å². The topological polar surface area (TPSA) is 32.7 Å². The van der Waals surface area contributed by atoms with Crippen LogP contribution in [-0.4, -0.2) is 23.2 Å². The van der Waals surface area contributed by atoms with Crippen LogP contribution in [0.15, 0.2) is 76.7 Å². The zero-order chi connectivity index (χ0) is 22.2. The van der Waals surface area contributed by atoms with E-state index in [1.165, 1.54) is 23.9 Å². The molecule has 0 aliphatic carbocycles. The summed E-state index contributed by atoms with van der Waals surface area (Å²) >= 11 is 0. The predicted molar refractivity (Wildman–Crippen MR) is 115 cm³/mol. The monoisotopic (exact) mass is 426 g/mol. The third kappa shape index (κ3) is 4.29. The van der Waals surface area contributed by atoms with Crippen molar-refractivity contribution in [3.8, 4) is 0 Å². The lowest BCUT2D eigenvalue weighted by Crippen LogP contribution is -2.28. The molecule has 3 unspecified atom stereocenters. The number of alkyl halides is 3. The SMILES string of the molecule is CC1=CN=CCCC1CC(C)c1cccc(C2C=C3C(C(F)(F)F)=CC=CN3C2=O)c1. The summed E-state index contributed by atoms with van der Waals surface area (Å²) in [6.07, 6.45) is 7.46. The summed E-state index contributed by atoms with van der Waals surface area (Å²) in [5.41, 5.74) is 2.22. The number of carbonyl (C=O) groups excluding carboxylic acids is 1. The first-order valence-electron chi connectivity index (χ1n) is 10.5. The molecular weight excluding hydrogens is 401 g/mol. The second-order valence-corrected chi connectivity index (χ2v) is 8.44. The van der Waals surface area contributed by atoms with E-state index in [1.54, 1.807) is 0 Å². The molecule has 3 nitrogen and oxygen atoms in total. The lowest BCUT2D eigenvalue weighted by molar-refractivity contribution is -0.126. The van der Waals surface area contributed by atoms with Gasteiger partial charge in [-0.15, -0.1) is 0 Å². The van der Waals surface area contributed by atoms with Crippen molar-refractivity contribution in [2.75, 3.05) is 0 Å². The van der Waals surface area contributed by atoms with Crippen molar-refractivity contribution in [2.24, 2.45) is 10.9 Å². The lowest BCUT2D eigenvalue weighted by Gasteiger charge is -2.23. The summed E-state index contributed by atoms with van der Waals surface area (Å²) in [7, 11) is 0. The van der Waals surface area contributed by atoms with Crippen molar-refractivity contribution in [1.82, 2.24) is 4.90 Å². The third-order valence-electron chi connectivity index (χ3n) is 6.32. The van der Waals surface area contributed by atoms with Crippen LogP contribution in [0.5, 0.6) is 0 Å². The smallest absolute Gasteiger partial charge is 0.287 e. The molecule has 162 valence electrons. The number of halogens is 3. The standard InChI is InChI=1S/C25H25F3N2O/c1-16(12-18-8-4-10-29-15-17(18)2)19-6-3-7-20(13-19)21-14-23-22(25(26,27)28)9-5-11-30(23)24(21)31/h3,5-7,9-11,13-16,18,21H,4,8,12H2,1-2H3. The molecule has 1 amide bonds. The molecular formula is C25H25F3N2O. The molecule has 1 aromatic carbocycles. The normalized spacial score (nSPS) is 24.4. The first-order chi connectivity index (χ1) is 14.8. The molecule has 31 heavy (non-hydrogen) atoms. The number of benzene rings is 1. The molecule has 1 aromatic rings. The first-order valence-corrected chi connectivity index (χ1v) is 10.5. The minimum absolute atomic E-state index is 0.0809. The zero-order valence-corrected chi connectivity index (χ0v) is 17.6.